The average Bonchev–Trinajstić information content (AvgIpc) is 2.17. The maximum atomic E-state index is 4.15. The third-order valence-corrected chi connectivity index (χ3v) is 2.13. The first-order chi connectivity index (χ1) is 5.90. The second-order valence-corrected chi connectivity index (χ2v) is 3.02. The molecule has 0 atom stereocenters. The van der Waals surface area contributed by atoms with Gasteiger partial charge < -0.3 is 0 Å². The highest BCUT2D eigenvalue weighted by Gasteiger charge is 1.96. The number of aromatic nitrogens is 2. The summed E-state index contributed by atoms with van der Waals surface area (Å²) >= 11 is 0. The van der Waals surface area contributed by atoms with Gasteiger partial charge in [-0.25, -0.2) is 0 Å². The Labute approximate surface area is 71.6 Å². The molecule has 62 valence electrons. The first kappa shape index (κ1) is 7.47. The van der Waals surface area contributed by atoms with Crippen LogP contribution in [-0.4, -0.2) is 10.2 Å². The summed E-state index contributed by atoms with van der Waals surface area (Å²) in [6.07, 6.45) is 7.61. The van der Waals surface area contributed by atoms with Gasteiger partial charge in [-0.2, -0.15) is 10.2 Å². The fraction of sp³-hybridized carbons (Fsp3) is 0.400. The minimum Gasteiger partial charge on any atom is -0.155 e. The first-order valence-electron chi connectivity index (χ1n) is 4.43. The van der Waals surface area contributed by atoms with E-state index in [-0.39, 0.29) is 0 Å². The highest BCUT2D eigenvalue weighted by atomic mass is 15.1. The molecular formula is C10H12N2. The van der Waals surface area contributed by atoms with Crippen LogP contribution in [0.25, 0.3) is 12.2 Å². The van der Waals surface area contributed by atoms with E-state index in [0.717, 1.165) is 30.3 Å². The second-order valence-electron chi connectivity index (χ2n) is 3.02. The van der Waals surface area contributed by atoms with Crippen LogP contribution in [0.3, 0.4) is 0 Å². The zero-order valence-corrected chi connectivity index (χ0v) is 7.25. The fourth-order valence-electron chi connectivity index (χ4n) is 1.41. The van der Waals surface area contributed by atoms with E-state index >= 15 is 0 Å². The summed E-state index contributed by atoms with van der Waals surface area (Å²) in [4.78, 5) is 0. The summed E-state index contributed by atoms with van der Waals surface area (Å²) in [7, 11) is 0. The van der Waals surface area contributed by atoms with E-state index in [2.05, 4.69) is 35.3 Å². The molecule has 2 rings (SSSR count). The lowest BCUT2D eigenvalue weighted by Gasteiger charge is -1.99. The molecule has 1 aromatic heterocycles. The predicted molar refractivity (Wildman–Crippen MR) is 48.8 cm³/mol. The molecule has 0 bridgehead atoms. The molecule has 2 nitrogen and oxygen atoms in total. The van der Waals surface area contributed by atoms with Gasteiger partial charge in [0.2, 0.25) is 0 Å². The molecular weight excluding hydrogens is 148 g/mol. The van der Waals surface area contributed by atoms with Crippen LogP contribution >= 0.6 is 0 Å². The van der Waals surface area contributed by atoms with E-state index in [1.165, 1.54) is 5.22 Å². The van der Waals surface area contributed by atoms with Gasteiger partial charge in [-0.3, -0.25) is 0 Å². The van der Waals surface area contributed by atoms with Crippen molar-refractivity contribution in [1.29, 1.82) is 0 Å². The molecule has 0 saturated heterocycles. The van der Waals surface area contributed by atoms with Gasteiger partial charge in [-0.05, 0) is 30.5 Å². The molecule has 0 N–H and O–H groups in total. The Morgan fingerprint density at radius 1 is 1.25 bits per heavy atom. The van der Waals surface area contributed by atoms with Crippen molar-refractivity contribution in [2.45, 2.75) is 26.2 Å². The van der Waals surface area contributed by atoms with Crippen LogP contribution in [0.2, 0.25) is 0 Å². The lowest BCUT2D eigenvalue weighted by Crippen LogP contribution is -2.31. The summed E-state index contributed by atoms with van der Waals surface area (Å²) in [6, 6.07) is 2.14. The average molecular weight is 160 g/mol. The normalized spacial score (nSPS) is 14.4. The van der Waals surface area contributed by atoms with Gasteiger partial charge in [-0.1, -0.05) is 19.1 Å². The second kappa shape index (κ2) is 3.05. The predicted octanol–water partition coefficient (Wildman–Crippen LogP) is 0.394. The first-order valence-corrected chi connectivity index (χ1v) is 4.43. The van der Waals surface area contributed by atoms with Crippen LogP contribution in [0, 0.1) is 0 Å². The smallest absolute Gasteiger partial charge is 0.0886 e. The van der Waals surface area contributed by atoms with Gasteiger partial charge >= 0.3 is 0 Å². The van der Waals surface area contributed by atoms with Crippen LogP contribution in [0.1, 0.15) is 25.5 Å². The van der Waals surface area contributed by atoms with Gasteiger partial charge in [0, 0.05) is 0 Å². The minimum absolute atomic E-state index is 0.966. The molecule has 0 fully saturated rings. The fourth-order valence-corrected chi connectivity index (χ4v) is 1.41. The quantitative estimate of drug-likeness (QED) is 0.594. The van der Waals surface area contributed by atoms with Crippen LogP contribution in [0.5, 0.6) is 0 Å². The van der Waals surface area contributed by atoms with E-state index in [1.807, 2.05) is 0 Å². The summed E-state index contributed by atoms with van der Waals surface area (Å²) in [6.45, 7) is 2.10. The topological polar surface area (TPSA) is 25.8 Å². The largest absolute Gasteiger partial charge is 0.155 e. The molecule has 0 saturated carbocycles. The van der Waals surface area contributed by atoms with Gasteiger partial charge in [0.15, 0.2) is 0 Å². The molecule has 0 unspecified atom stereocenters. The lowest BCUT2D eigenvalue weighted by molar-refractivity contribution is 0.879. The number of aryl methyl sites for hydroxylation is 1. The van der Waals surface area contributed by atoms with Crippen molar-refractivity contribution in [1.82, 2.24) is 10.2 Å². The van der Waals surface area contributed by atoms with Gasteiger partial charge in [0.05, 0.1) is 11.0 Å². The molecule has 1 aliphatic carbocycles. The Kier molecular flexibility index (Phi) is 1.90. The Bertz CT molecular complexity index is 393. The Morgan fingerprint density at radius 2 is 2.08 bits per heavy atom. The van der Waals surface area contributed by atoms with E-state index in [0.29, 0.717) is 0 Å². The van der Waals surface area contributed by atoms with Crippen molar-refractivity contribution in [2.75, 3.05) is 0 Å². The van der Waals surface area contributed by atoms with E-state index < -0.39 is 0 Å². The summed E-state index contributed by atoms with van der Waals surface area (Å²) < 4.78 is 0. The number of hydrogen-bond donors (Lipinski definition) is 0. The number of hydrogen-bond acceptors (Lipinski definition) is 2. The molecule has 0 aromatic carbocycles. The SMILES string of the molecule is CCc1cc2c(nn1)=CCCC=2. The summed E-state index contributed by atoms with van der Waals surface area (Å²) in [5.74, 6) is 0. The van der Waals surface area contributed by atoms with Crippen molar-refractivity contribution in [2.24, 2.45) is 0 Å². The molecule has 2 heteroatoms. The maximum Gasteiger partial charge on any atom is 0.0886 e. The minimum atomic E-state index is 0.966. The monoisotopic (exact) mass is 160 g/mol. The van der Waals surface area contributed by atoms with Crippen molar-refractivity contribution in [3.05, 3.63) is 22.3 Å². The Hall–Kier alpha value is -1.18. The molecule has 0 spiro atoms. The zero-order chi connectivity index (χ0) is 8.39. The van der Waals surface area contributed by atoms with Crippen LogP contribution in [0.15, 0.2) is 6.07 Å². The van der Waals surface area contributed by atoms with Crippen molar-refractivity contribution >= 4 is 12.2 Å². The Morgan fingerprint density at radius 3 is 2.92 bits per heavy atom. The van der Waals surface area contributed by atoms with E-state index in [1.54, 1.807) is 0 Å². The van der Waals surface area contributed by atoms with Crippen LogP contribution in [0.4, 0.5) is 0 Å². The van der Waals surface area contributed by atoms with Crippen molar-refractivity contribution in [3.63, 3.8) is 0 Å². The molecule has 1 aromatic rings. The molecule has 1 heterocycles. The van der Waals surface area contributed by atoms with Gasteiger partial charge in [0.1, 0.15) is 0 Å². The van der Waals surface area contributed by atoms with Gasteiger partial charge in [-0.15, -0.1) is 0 Å². The van der Waals surface area contributed by atoms with Crippen LogP contribution < -0.4 is 10.6 Å². The van der Waals surface area contributed by atoms with E-state index in [4.69, 9.17) is 0 Å². The van der Waals surface area contributed by atoms with Crippen LogP contribution in [-0.2, 0) is 6.42 Å². The van der Waals surface area contributed by atoms with Crippen molar-refractivity contribution in [3.8, 4) is 0 Å². The number of fused-ring (bicyclic) bond motifs is 1. The summed E-state index contributed by atoms with van der Waals surface area (Å²) in [5, 5.41) is 10.6. The number of rotatable bonds is 1. The van der Waals surface area contributed by atoms with E-state index in [9.17, 15) is 0 Å². The van der Waals surface area contributed by atoms with Crippen molar-refractivity contribution < 1.29 is 0 Å². The van der Waals surface area contributed by atoms with Gasteiger partial charge in [0.25, 0.3) is 0 Å². The third kappa shape index (κ3) is 1.24. The maximum absolute atomic E-state index is 4.15. The molecule has 1 aliphatic rings. The highest BCUT2D eigenvalue weighted by Crippen LogP contribution is 1.94. The summed E-state index contributed by atoms with van der Waals surface area (Å²) in [5.41, 5.74) is 1.08. The molecule has 0 amide bonds. The zero-order valence-electron chi connectivity index (χ0n) is 7.25. The highest BCUT2D eigenvalue weighted by molar-refractivity contribution is 5.35. The lowest BCUT2D eigenvalue weighted by atomic mass is 10.1. The standard InChI is InChI=1S/C10H12N2/c1-2-9-7-8-5-3-4-6-10(8)12-11-9/h5-7H,2-4H2,1H3. The Balaban J connectivity index is 2.65. The number of nitrogens with zero attached hydrogens (tertiary/aromatic N) is 2. The third-order valence-electron chi connectivity index (χ3n) is 2.13. The molecule has 12 heavy (non-hydrogen) atoms. The molecule has 0 radical (unpaired) electrons. The molecule has 0 aliphatic heterocycles.